The van der Waals surface area contributed by atoms with E-state index in [0.29, 0.717) is 24.4 Å². The SMILES string of the molecule is Cc1ccc(C)c(CC(=O)N2CCc3cc(-c4nn(C)c5ncnc(N)c45)ccc32)c1. The fraction of sp³-hybridized carbons (Fsp3) is 0.250. The van der Waals surface area contributed by atoms with Crippen molar-refractivity contribution in [2.75, 3.05) is 17.2 Å². The molecule has 0 radical (unpaired) electrons. The number of anilines is 2. The van der Waals surface area contributed by atoms with Gasteiger partial charge in [-0.1, -0.05) is 29.8 Å². The summed E-state index contributed by atoms with van der Waals surface area (Å²) in [5, 5.41) is 5.38. The van der Waals surface area contributed by atoms with Gasteiger partial charge in [-0.3, -0.25) is 4.79 Å². The number of amides is 1. The number of carbonyl (C=O) groups excluding carboxylic acids is 1. The van der Waals surface area contributed by atoms with Gasteiger partial charge in [0.1, 0.15) is 17.8 Å². The summed E-state index contributed by atoms with van der Waals surface area (Å²) in [6, 6.07) is 12.4. The third-order valence-corrected chi connectivity index (χ3v) is 6.05. The van der Waals surface area contributed by atoms with Crippen molar-refractivity contribution < 1.29 is 4.79 Å². The second-order valence-corrected chi connectivity index (χ2v) is 8.18. The van der Waals surface area contributed by atoms with Crippen LogP contribution in [0.5, 0.6) is 0 Å². The normalized spacial score (nSPS) is 13.1. The van der Waals surface area contributed by atoms with E-state index in [0.717, 1.165) is 45.4 Å². The largest absolute Gasteiger partial charge is 0.383 e. The smallest absolute Gasteiger partial charge is 0.231 e. The fourth-order valence-electron chi connectivity index (χ4n) is 4.37. The predicted octanol–water partition coefficient (Wildman–Crippen LogP) is 3.36. The first-order chi connectivity index (χ1) is 14.9. The van der Waals surface area contributed by atoms with Crippen LogP contribution in [0, 0.1) is 13.8 Å². The number of benzene rings is 2. The Balaban J connectivity index is 1.47. The highest BCUT2D eigenvalue weighted by Gasteiger charge is 2.26. The number of nitrogens with two attached hydrogens (primary N) is 1. The highest BCUT2D eigenvalue weighted by molar-refractivity contribution is 6.00. The van der Waals surface area contributed by atoms with Crippen molar-refractivity contribution in [1.29, 1.82) is 0 Å². The van der Waals surface area contributed by atoms with Gasteiger partial charge in [0.15, 0.2) is 5.65 Å². The Morgan fingerprint density at radius 2 is 1.97 bits per heavy atom. The fourth-order valence-corrected chi connectivity index (χ4v) is 4.37. The molecule has 4 aromatic rings. The summed E-state index contributed by atoms with van der Waals surface area (Å²) in [4.78, 5) is 23.4. The van der Waals surface area contributed by atoms with Gasteiger partial charge < -0.3 is 10.6 Å². The molecular weight excluding hydrogens is 388 g/mol. The molecular formula is C24H24N6O. The minimum atomic E-state index is 0.126. The Bertz CT molecular complexity index is 1340. The monoisotopic (exact) mass is 412 g/mol. The maximum Gasteiger partial charge on any atom is 0.231 e. The number of nitrogen functional groups attached to an aromatic ring is 1. The summed E-state index contributed by atoms with van der Waals surface area (Å²) in [6.07, 6.45) is 2.68. The molecule has 3 heterocycles. The van der Waals surface area contributed by atoms with Gasteiger partial charge in [-0.15, -0.1) is 0 Å². The highest BCUT2D eigenvalue weighted by atomic mass is 16.2. The van der Waals surface area contributed by atoms with Crippen molar-refractivity contribution in [1.82, 2.24) is 19.7 Å². The molecule has 5 rings (SSSR count). The van der Waals surface area contributed by atoms with E-state index in [4.69, 9.17) is 5.73 Å². The van der Waals surface area contributed by atoms with Crippen LogP contribution in [0.1, 0.15) is 22.3 Å². The van der Waals surface area contributed by atoms with E-state index in [-0.39, 0.29) is 5.91 Å². The van der Waals surface area contributed by atoms with E-state index in [2.05, 4.69) is 53.2 Å². The zero-order chi connectivity index (χ0) is 21.7. The maximum absolute atomic E-state index is 13.1. The molecule has 0 fully saturated rings. The third-order valence-electron chi connectivity index (χ3n) is 6.05. The van der Waals surface area contributed by atoms with Gasteiger partial charge in [0.05, 0.1) is 11.8 Å². The minimum absolute atomic E-state index is 0.126. The zero-order valence-electron chi connectivity index (χ0n) is 17.9. The summed E-state index contributed by atoms with van der Waals surface area (Å²) in [5.41, 5.74) is 14.1. The van der Waals surface area contributed by atoms with E-state index in [9.17, 15) is 4.79 Å². The van der Waals surface area contributed by atoms with Crippen molar-refractivity contribution in [2.45, 2.75) is 26.7 Å². The topological polar surface area (TPSA) is 89.9 Å². The van der Waals surface area contributed by atoms with Crippen LogP contribution in [0.15, 0.2) is 42.7 Å². The Morgan fingerprint density at radius 1 is 1.13 bits per heavy atom. The molecule has 1 amide bonds. The minimum Gasteiger partial charge on any atom is -0.383 e. The summed E-state index contributed by atoms with van der Waals surface area (Å²) < 4.78 is 1.72. The lowest BCUT2D eigenvalue weighted by Crippen LogP contribution is -2.30. The highest BCUT2D eigenvalue weighted by Crippen LogP contribution is 2.35. The summed E-state index contributed by atoms with van der Waals surface area (Å²) in [7, 11) is 1.85. The van der Waals surface area contributed by atoms with Crippen LogP contribution < -0.4 is 10.6 Å². The molecule has 0 bridgehead atoms. The molecule has 7 heteroatoms. The van der Waals surface area contributed by atoms with Crippen LogP contribution in [-0.2, 0) is 24.7 Å². The lowest BCUT2D eigenvalue weighted by molar-refractivity contribution is -0.117. The van der Waals surface area contributed by atoms with Crippen molar-refractivity contribution >= 4 is 28.4 Å². The summed E-state index contributed by atoms with van der Waals surface area (Å²) in [6.45, 7) is 4.80. The Labute approximate surface area is 180 Å². The number of hydrogen-bond donors (Lipinski definition) is 1. The number of fused-ring (bicyclic) bond motifs is 2. The number of aromatic nitrogens is 4. The second kappa shape index (κ2) is 7.19. The Hall–Kier alpha value is -3.74. The number of rotatable bonds is 3. The first-order valence-electron chi connectivity index (χ1n) is 10.4. The number of carbonyl (C=O) groups is 1. The van der Waals surface area contributed by atoms with Gasteiger partial charge in [-0.2, -0.15) is 5.10 Å². The number of hydrogen-bond acceptors (Lipinski definition) is 5. The molecule has 2 aromatic carbocycles. The maximum atomic E-state index is 13.1. The van der Waals surface area contributed by atoms with Gasteiger partial charge in [0.25, 0.3) is 0 Å². The van der Waals surface area contributed by atoms with E-state index >= 15 is 0 Å². The molecule has 0 spiro atoms. The Kier molecular flexibility index (Phi) is 4.46. The molecule has 2 aromatic heterocycles. The van der Waals surface area contributed by atoms with Gasteiger partial charge in [0.2, 0.25) is 5.91 Å². The van der Waals surface area contributed by atoms with E-state index in [1.165, 1.54) is 11.9 Å². The van der Waals surface area contributed by atoms with Crippen molar-refractivity contribution in [3.8, 4) is 11.3 Å². The van der Waals surface area contributed by atoms with Gasteiger partial charge in [-0.05, 0) is 49.1 Å². The van der Waals surface area contributed by atoms with Crippen LogP contribution in [0.3, 0.4) is 0 Å². The van der Waals surface area contributed by atoms with Crippen LogP contribution in [-0.4, -0.2) is 32.2 Å². The summed E-state index contributed by atoms with van der Waals surface area (Å²) in [5.74, 6) is 0.542. The molecule has 0 unspecified atom stereocenters. The molecule has 0 aliphatic carbocycles. The molecule has 1 aliphatic heterocycles. The van der Waals surface area contributed by atoms with Crippen LogP contribution >= 0.6 is 0 Å². The molecule has 1 aliphatic rings. The van der Waals surface area contributed by atoms with Gasteiger partial charge in [-0.25, -0.2) is 14.6 Å². The van der Waals surface area contributed by atoms with Crippen LogP contribution in [0.25, 0.3) is 22.3 Å². The molecule has 7 nitrogen and oxygen atoms in total. The van der Waals surface area contributed by atoms with Gasteiger partial charge >= 0.3 is 0 Å². The third kappa shape index (κ3) is 3.22. The van der Waals surface area contributed by atoms with Crippen molar-refractivity contribution in [3.63, 3.8) is 0 Å². The van der Waals surface area contributed by atoms with Crippen LogP contribution in [0.4, 0.5) is 11.5 Å². The average Bonchev–Trinajstić information content (AvgIpc) is 3.32. The van der Waals surface area contributed by atoms with Gasteiger partial charge in [0, 0.05) is 24.8 Å². The standard InChI is InChI=1S/C24H24N6O/c1-14-4-5-15(2)18(10-14)12-20(31)30-9-8-16-11-17(6-7-19(16)30)22-21-23(25)26-13-27-24(21)29(3)28-22/h4-7,10-11,13H,8-9,12H2,1-3H3,(H2,25,26,27). The average molecular weight is 412 g/mol. The molecule has 0 saturated heterocycles. The molecule has 0 saturated carbocycles. The van der Waals surface area contributed by atoms with E-state index in [1.54, 1.807) is 4.68 Å². The first-order valence-corrected chi connectivity index (χ1v) is 10.4. The van der Waals surface area contributed by atoms with Crippen molar-refractivity contribution in [3.05, 3.63) is 65.0 Å². The predicted molar refractivity (Wildman–Crippen MR) is 122 cm³/mol. The van der Waals surface area contributed by atoms with E-state index < -0.39 is 0 Å². The first kappa shape index (κ1) is 19.2. The molecule has 156 valence electrons. The molecule has 0 atom stereocenters. The summed E-state index contributed by atoms with van der Waals surface area (Å²) >= 11 is 0. The number of nitrogens with zero attached hydrogens (tertiary/aromatic N) is 5. The zero-order valence-corrected chi connectivity index (χ0v) is 17.9. The lowest BCUT2D eigenvalue weighted by atomic mass is 10.0. The molecule has 2 N–H and O–H groups in total. The Morgan fingerprint density at radius 3 is 2.81 bits per heavy atom. The lowest BCUT2D eigenvalue weighted by Gasteiger charge is -2.18. The van der Waals surface area contributed by atoms with Crippen molar-refractivity contribution in [2.24, 2.45) is 7.05 Å². The quantitative estimate of drug-likeness (QED) is 0.557. The molecule has 31 heavy (non-hydrogen) atoms. The van der Waals surface area contributed by atoms with E-state index in [1.807, 2.05) is 24.1 Å². The number of aryl methyl sites for hydroxylation is 3. The van der Waals surface area contributed by atoms with Crippen LogP contribution in [0.2, 0.25) is 0 Å². The second-order valence-electron chi connectivity index (χ2n) is 8.18.